The summed E-state index contributed by atoms with van der Waals surface area (Å²) in [7, 11) is 1.51. The average Bonchev–Trinajstić information content (AvgIpc) is 3.80. The maximum absolute atomic E-state index is 13.2. The second-order valence-corrected chi connectivity index (χ2v) is 10.1. The van der Waals surface area contributed by atoms with Crippen molar-refractivity contribution in [2.24, 2.45) is 5.92 Å². The van der Waals surface area contributed by atoms with Crippen molar-refractivity contribution in [2.45, 2.75) is 51.3 Å². The number of likely N-dealkylation sites (N-methyl/N-ethyl adjacent to an activating group) is 1. The zero-order chi connectivity index (χ0) is 28.9. The molecule has 0 radical (unpaired) electrons. The van der Waals surface area contributed by atoms with Crippen LogP contribution in [0.5, 0.6) is 5.75 Å². The third-order valence-corrected chi connectivity index (χ3v) is 6.88. The summed E-state index contributed by atoms with van der Waals surface area (Å²) in [6.45, 7) is 4.47. The Bertz CT molecular complexity index is 1130. The number of nitrogens with one attached hydrogen (secondary N) is 3. The zero-order valence-corrected chi connectivity index (χ0v) is 23.6. The van der Waals surface area contributed by atoms with Gasteiger partial charge in [-0.05, 0) is 43.7 Å². The molecule has 216 valence electrons. The molecule has 1 aliphatic heterocycles. The molecule has 9 heteroatoms. The van der Waals surface area contributed by atoms with Gasteiger partial charge in [-0.15, -0.1) is 0 Å². The number of carbonyl (C=O) groups excluding carboxylic acids is 3. The molecule has 2 aliphatic rings. The first-order valence-electron chi connectivity index (χ1n) is 14.0. The van der Waals surface area contributed by atoms with Crippen LogP contribution >= 0.6 is 0 Å². The maximum Gasteiger partial charge on any atom is 0.245 e. The summed E-state index contributed by atoms with van der Waals surface area (Å²) in [5, 5.41) is 18.7. The molecule has 0 aromatic heterocycles. The molecule has 0 spiro atoms. The van der Waals surface area contributed by atoms with Crippen LogP contribution in [0.25, 0.3) is 6.08 Å². The van der Waals surface area contributed by atoms with Crippen molar-refractivity contribution >= 4 is 23.8 Å². The first-order valence-corrected chi connectivity index (χ1v) is 14.0. The molecular weight excluding hydrogens is 508 g/mol. The Labute approximate surface area is 237 Å². The molecule has 1 saturated carbocycles. The van der Waals surface area contributed by atoms with Gasteiger partial charge in [0.25, 0.3) is 0 Å². The second-order valence-electron chi connectivity index (χ2n) is 10.1. The Morgan fingerprint density at radius 1 is 1.02 bits per heavy atom. The number of aliphatic hydroxyl groups excluding tert-OH is 1. The predicted molar refractivity (Wildman–Crippen MR) is 156 cm³/mol. The van der Waals surface area contributed by atoms with Crippen LogP contribution in [-0.4, -0.2) is 79.2 Å². The summed E-state index contributed by atoms with van der Waals surface area (Å²) in [4.78, 5) is 39.2. The highest BCUT2D eigenvalue weighted by atomic mass is 16.5. The van der Waals surface area contributed by atoms with E-state index in [2.05, 4.69) is 47.1 Å². The minimum Gasteiger partial charge on any atom is -0.492 e. The fraction of sp³-hybridized carbons (Fsp3) is 0.452. The average molecular weight is 551 g/mol. The number of hydrogen-bond acceptors (Lipinski definition) is 6. The van der Waals surface area contributed by atoms with Gasteiger partial charge in [0.1, 0.15) is 18.4 Å². The lowest BCUT2D eigenvalue weighted by atomic mass is 10.1. The van der Waals surface area contributed by atoms with Crippen LogP contribution in [-0.2, 0) is 20.8 Å². The van der Waals surface area contributed by atoms with E-state index in [-0.39, 0.29) is 30.8 Å². The van der Waals surface area contributed by atoms with Crippen molar-refractivity contribution in [1.82, 2.24) is 20.9 Å². The number of nitrogens with zero attached hydrogens (tertiary/aromatic N) is 1. The van der Waals surface area contributed by atoms with E-state index in [0.717, 1.165) is 24.8 Å². The van der Waals surface area contributed by atoms with Crippen molar-refractivity contribution in [2.75, 3.05) is 33.3 Å². The molecule has 4 N–H and O–H groups in total. The van der Waals surface area contributed by atoms with Gasteiger partial charge in [0, 0.05) is 25.7 Å². The van der Waals surface area contributed by atoms with Gasteiger partial charge in [-0.3, -0.25) is 14.4 Å². The largest absolute Gasteiger partial charge is 0.492 e. The number of aryl methyl sites for hydroxylation is 1. The van der Waals surface area contributed by atoms with E-state index < -0.39 is 24.1 Å². The van der Waals surface area contributed by atoms with E-state index in [0.29, 0.717) is 18.9 Å². The SMILES string of the molecule is CC(O)C1C(=O)NCC(=O)NC/C=C/c2ccccc2OCCNC(C2CC2)C(=O)N1C.CCc1ccccc1. The quantitative estimate of drug-likeness (QED) is 0.465. The lowest BCUT2D eigenvalue weighted by molar-refractivity contribution is -0.144. The normalized spacial score (nSPS) is 22.6. The van der Waals surface area contributed by atoms with E-state index in [9.17, 15) is 19.5 Å². The fourth-order valence-electron chi connectivity index (χ4n) is 4.49. The van der Waals surface area contributed by atoms with Gasteiger partial charge in [0.2, 0.25) is 17.7 Å². The standard InChI is InChI=1S/C23H32N4O5.C8H10/c1-15(28)21-22(30)26-14-19(29)24-11-5-7-16-6-3-4-8-18(16)32-13-12-25-20(17-9-10-17)23(31)27(21)2;1-2-8-6-4-3-5-7-8/h3-8,15,17,20-21,25,28H,9-14H2,1-2H3,(H,24,29)(H,26,30);3-7H,2H2,1H3/b7-5+;. The topological polar surface area (TPSA) is 120 Å². The smallest absolute Gasteiger partial charge is 0.245 e. The number of amides is 3. The first-order chi connectivity index (χ1) is 19.3. The Balaban J connectivity index is 0.000000472. The molecule has 4 rings (SSSR count). The number of carbonyl (C=O) groups is 3. The Morgan fingerprint density at radius 3 is 2.38 bits per heavy atom. The Kier molecular flexibility index (Phi) is 12.2. The van der Waals surface area contributed by atoms with Crippen LogP contribution in [0.4, 0.5) is 0 Å². The monoisotopic (exact) mass is 550 g/mol. The molecular formula is C31H42N4O5. The Hall–Kier alpha value is -3.69. The number of ether oxygens (including phenoxy) is 1. The fourth-order valence-corrected chi connectivity index (χ4v) is 4.49. The molecule has 1 aliphatic carbocycles. The number of aliphatic hydroxyl groups is 1. The van der Waals surface area contributed by atoms with Crippen LogP contribution in [0, 0.1) is 5.92 Å². The summed E-state index contributed by atoms with van der Waals surface area (Å²) in [6, 6.07) is 16.5. The van der Waals surface area contributed by atoms with Crippen molar-refractivity contribution in [3.05, 3.63) is 71.8 Å². The van der Waals surface area contributed by atoms with Gasteiger partial charge >= 0.3 is 0 Å². The van der Waals surface area contributed by atoms with Gasteiger partial charge in [-0.25, -0.2) is 0 Å². The minimum absolute atomic E-state index is 0.189. The van der Waals surface area contributed by atoms with Crippen molar-refractivity contribution in [3.63, 3.8) is 0 Å². The highest BCUT2D eigenvalue weighted by Crippen LogP contribution is 2.33. The third kappa shape index (κ3) is 9.50. The highest BCUT2D eigenvalue weighted by Gasteiger charge is 2.41. The number of benzene rings is 2. The third-order valence-electron chi connectivity index (χ3n) is 6.88. The van der Waals surface area contributed by atoms with Crippen LogP contribution in [0.15, 0.2) is 60.7 Å². The van der Waals surface area contributed by atoms with Crippen LogP contribution in [0.3, 0.4) is 0 Å². The number of para-hydroxylation sites is 1. The zero-order valence-electron chi connectivity index (χ0n) is 23.6. The molecule has 0 saturated heterocycles. The van der Waals surface area contributed by atoms with Crippen LogP contribution < -0.4 is 20.7 Å². The second kappa shape index (κ2) is 15.8. The van der Waals surface area contributed by atoms with E-state index in [1.54, 1.807) is 6.08 Å². The van der Waals surface area contributed by atoms with Gasteiger partial charge in [0.05, 0.1) is 18.7 Å². The first kappa shape index (κ1) is 30.8. The lowest BCUT2D eigenvalue weighted by Gasteiger charge is -2.32. The number of hydrogen-bond donors (Lipinski definition) is 4. The molecule has 3 amide bonds. The highest BCUT2D eigenvalue weighted by molar-refractivity contribution is 5.92. The van der Waals surface area contributed by atoms with E-state index >= 15 is 0 Å². The molecule has 3 atom stereocenters. The molecule has 2 aromatic rings. The minimum atomic E-state index is -1.10. The lowest BCUT2D eigenvalue weighted by Crippen LogP contribution is -2.58. The van der Waals surface area contributed by atoms with Crippen molar-refractivity contribution in [1.29, 1.82) is 0 Å². The molecule has 2 aromatic carbocycles. The summed E-state index contributed by atoms with van der Waals surface area (Å²) in [6.07, 6.45) is 5.56. The van der Waals surface area contributed by atoms with Gasteiger partial charge in [0.15, 0.2) is 0 Å². The molecule has 1 fully saturated rings. The Morgan fingerprint density at radius 2 is 1.73 bits per heavy atom. The maximum atomic E-state index is 13.2. The van der Waals surface area contributed by atoms with Gasteiger partial charge < -0.3 is 30.7 Å². The number of fused-ring (bicyclic) bond motifs is 1. The summed E-state index contributed by atoms with van der Waals surface area (Å²) >= 11 is 0. The van der Waals surface area contributed by atoms with Gasteiger partial charge in [-0.1, -0.05) is 67.6 Å². The summed E-state index contributed by atoms with van der Waals surface area (Å²) in [5.74, 6) is -0.304. The van der Waals surface area contributed by atoms with E-state index in [1.165, 1.54) is 24.4 Å². The van der Waals surface area contributed by atoms with Crippen LogP contribution in [0.2, 0.25) is 0 Å². The summed E-state index contributed by atoms with van der Waals surface area (Å²) in [5.41, 5.74) is 2.29. The summed E-state index contributed by atoms with van der Waals surface area (Å²) < 4.78 is 5.91. The molecule has 3 unspecified atom stereocenters. The van der Waals surface area contributed by atoms with Crippen molar-refractivity contribution < 1.29 is 24.2 Å². The van der Waals surface area contributed by atoms with Gasteiger partial charge in [-0.2, -0.15) is 0 Å². The molecule has 40 heavy (non-hydrogen) atoms. The van der Waals surface area contributed by atoms with E-state index in [4.69, 9.17) is 4.74 Å². The molecule has 0 bridgehead atoms. The van der Waals surface area contributed by atoms with Crippen LogP contribution in [0.1, 0.15) is 37.8 Å². The van der Waals surface area contributed by atoms with E-state index in [1.807, 2.05) is 36.4 Å². The number of rotatable bonds is 3. The molecule has 1 heterocycles. The van der Waals surface area contributed by atoms with Crippen molar-refractivity contribution in [3.8, 4) is 5.75 Å². The predicted octanol–water partition coefficient (Wildman–Crippen LogP) is 2.15. The molecule has 9 nitrogen and oxygen atoms in total.